The molecule has 6 nitrogen and oxygen atoms in total. The van der Waals surface area contributed by atoms with E-state index < -0.39 is 10.0 Å². The van der Waals surface area contributed by atoms with Crippen LogP contribution in [0, 0.1) is 6.92 Å². The van der Waals surface area contributed by atoms with Crippen LogP contribution in [0.1, 0.15) is 23.1 Å². The molecule has 2 heterocycles. The van der Waals surface area contributed by atoms with Crippen LogP contribution in [0.4, 0.5) is 5.13 Å². The summed E-state index contributed by atoms with van der Waals surface area (Å²) in [4.78, 5) is 16.6. The summed E-state index contributed by atoms with van der Waals surface area (Å²) in [6.07, 6.45) is 0.518. The number of thiazole rings is 1. The lowest BCUT2D eigenvalue weighted by Gasteiger charge is -2.26. The van der Waals surface area contributed by atoms with E-state index in [2.05, 4.69) is 10.3 Å². The zero-order valence-electron chi connectivity index (χ0n) is 13.2. The third kappa shape index (κ3) is 3.19. The highest BCUT2D eigenvalue weighted by atomic mass is 35.5. The maximum Gasteiger partial charge on any atom is 0.243 e. The van der Waals surface area contributed by atoms with Gasteiger partial charge in [0.25, 0.3) is 0 Å². The monoisotopic (exact) mass is 385 g/mol. The quantitative estimate of drug-likeness (QED) is 0.881. The molecular weight excluding hydrogens is 370 g/mol. The number of aromatic nitrogens is 1. The van der Waals surface area contributed by atoms with Crippen molar-refractivity contribution < 1.29 is 13.2 Å². The van der Waals surface area contributed by atoms with Gasteiger partial charge in [0, 0.05) is 29.8 Å². The van der Waals surface area contributed by atoms with Gasteiger partial charge < -0.3 is 5.32 Å². The Kier molecular flexibility index (Phi) is 4.65. The van der Waals surface area contributed by atoms with Crippen LogP contribution in [-0.2, 0) is 27.8 Å². The number of sulfonamides is 1. The van der Waals surface area contributed by atoms with Gasteiger partial charge >= 0.3 is 0 Å². The summed E-state index contributed by atoms with van der Waals surface area (Å²) in [6, 6.07) is 4.88. The van der Waals surface area contributed by atoms with E-state index in [1.165, 1.54) is 22.6 Å². The molecule has 0 saturated heterocycles. The average molecular weight is 386 g/mol. The first-order chi connectivity index (χ1) is 11.3. The predicted octanol–water partition coefficient (Wildman–Crippen LogP) is 2.81. The van der Waals surface area contributed by atoms with Gasteiger partial charge in [-0.15, -0.1) is 11.3 Å². The van der Waals surface area contributed by atoms with Crippen molar-refractivity contribution in [3.63, 3.8) is 0 Å². The average Bonchev–Trinajstić information content (AvgIpc) is 2.90. The summed E-state index contributed by atoms with van der Waals surface area (Å²) in [6.45, 7) is 3.72. The minimum Gasteiger partial charge on any atom is -0.302 e. The number of carbonyl (C=O) groups is 1. The topological polar surface area (TPSA) is 79.4 Å². The highest BCUT2D eigenvalue weighted by Crippen LogP contribution is 2.32. The number of amides is 1. The lowest BCUT2D eigenvalue weighted by Crippen LogP contribution is -2.35. The summed E-state index contributed by atoms with van der Waals surface area (Å²) in [5.41, 5.74) is 1.39. The molecule has 9 heteroatoms. The summed E-state index contributed by atoms with van der Waals surface area (Å²) >= 11 is 7.37. The minimum atomic E-state index is -3.63. The predicted molar refractivity (Wildman–Crippen MR) is 93.9 cm³/mol. The number of hydrogen-bond donors (Lipinski definition) is 1. The Labute approximate surface area is 149 Å². The molecule has 2 aromatic rings. The first-order valence-electron chi connectivity index (χ1n) is 7.30. The second-order valence-electron chi connectivity index (χ2n) is 5.52. The van der Waals surface area contributed by atoms with Crippen molar-refractivity contribution in [2.45, 2.75) is 31.7 Å². The number of rotatable bonds is 3. The largest absolute Gasteiger partial charge is 0.302 e. The van der Waals surface area contributed by atoms with Gasteiger partial charge in [-0.1, -0.05) is 17.7 Å². The van der Waals surface area contributed by atoms with Crippen molar-refractivity contribution in [3.8, 4) is 0 Å². The SMILES string of the molecule is CC(=O)Nc1nc2c(s1)CN(S(=O)(=O)c1cccc(Cl)c1C)CC2. The number of nitrogens with one attached hydrogen (secondary N) is 1. The van der Waals surface area contributed by atoms with Crippen molar-refractivity contribution in [3.05, 3.63) is 39.4 Å². The molecule has 0 atom stereocenters. The van der Waals surface area contributed by atoms with E-state index >= 15 is 0 Å². The van der Waals surface area contributed by atoms with Gasteiger partial charge in [0.1, 0.15) is 0 Å². The van der Waals surface area contributed by atoms with Crippen LogP contribution in [0.2, 0.25) is 5.02 Å². The Morgan fingerprint density at radius 2 is 2.17 bits per heavy atom. The molecule has 0 unspecified atom stereocenters. The van der Waals surface area contributed by atoms with E-state index in [4.69, 9.17) is 11.6 Å². The maximum atomic E-state index is 12.9. The van der Waals surface area contributed by atoms with Gasteiger partial charge in [-0.2, -0.15) is 4.31 Å². The third-order valence-corrected chi connectivity index (χ3v) is 7.21. The number of anilines is 1. The first kappa shape index (κ1) is 17.3. The Morgan fingerprint density at radius 3 is 2.88 bits per heavy atom. The fourth-order valence-corrected chi connectivity index (χ4v) is 5.63. The molecule has 3 rings (SSSR count). The Morgan fingerprint density at radius 1 is 1.42 bits per heavy atom. The maximum absolute atomic E-state index is 12.9. The highest BCUT2D eigenvalue weighted by molar-refractivity contribution is 7.89. The van der Waals surface area contributed by atoms with Crippen molar-refractivity contribution in [1.82, 2.24) is 9.29 Å². The standard InChI is InChI=1S/C15H16ClN3O3S2/c1-9-11(16)4-3-5-14(9)24(21,22)19-7-6-12-13(8-19)23-15(18-12)17-10(2)20/h3-5H,6-8H2,1-2H3,(H,17,18,20). The van der Waals surface area contributed by atoms with E-state index in [1.54, 1.807) is 25.1 Å². The van der Waals surface area contributed by atoms with E-state index in [0.29, 0.717) is 28.7 Å². The minimum absolute atomic E-state index is 0.194. The molecular formula is C15H16ClN3O3S2. The molecule has 0 saturated carbocycles. The highest BCUT2D eigenvalue weighted by Gasteiger charge is 2.31. The lowest BCUT2D eigenvalue weighted by molar-refractivity contribution is -0.114. The molecule has 1 aromatic carbocycles. The summed E-state index contributed by atoms with van der Waals surface area (Å²) in [5.74, 6) is -0.194. The molecule has 0 radical (unpaired) electrons. The number of benzene rings is 1. The third-order valence-electron chi connectivity index (χ3n) is 3.81. The summed E-state index contributed by atoms with van der Waals surface area (Å²) in [7, 11) is -3.63. The molecule has 1 amide bonds. The molecule has 0 bridgehead atoms. The van der Waals surface area contributed by atoms with Crippen LogP contribution >= 0.6 is 22.9 Å². The molecule has 0 aliphatic carbocycles. The van der Waals surface area contributed by atoms with Crippen LogP contribution < -0.4 is 5.32 Å². The zero-order valence-corrected chi connectivity index (χ0v) is 15.6. The first-order valence-corrected chi connectivity index (χ1v) is 9.94. The van der Waals surface area contributed by atoms with Crippen LogP contribution in [0.5, 0.6) is 0 Å². The summed E-state index contributed by atoms with van der Waals surface area (Å²) in [5, 5.41) is 3.58. The number of nitrogens with zero attached hydrogens (tertiary/aromatic N) is 2. The van der Waals surface area contributed by atoms with Gasteiger partial charge in [-0.05, 0) is 24.6 Å². The van der Waals surface area contributed by atoms with Gasteiger partial charge in [0.15, 0.2) is 5.13 Å². The summed E-state index contributed by atoms with van der Waals surface area (Å²) < 4.78 is 27.3. The fourth-order valence-electron chi connectivity index (χ4n) is 2.59. The number of carbonyl (C=O) groups excluding carboxylic acids is 1. The molecule has 128 valence electrons. The molecule has 0 spiro atoms. The Balaban J connectivity index is 1.90. The molecule has 1 N–H and O–H groups in total. The lowest BCUT2D eigenvalue weighted by atomic mass is 10.2. The molecule has 0 fully saturated rings. The number of halogens is 1. The van der Waals surface area contributed by atoms with Crippen molar-refractivity contribution in [2.24, 2.45) is 0 Å². The fraction of sp³-hybridized carbons (Fsp3) is 0.333. The zero-order chi connectivity index (χ0) is 17.5. The van der Waals surface area contributed by atoms with E-state index in [1.807, 2.05) is 0 Å². The molecule has 1 aliphatic heterocycles. The van der Waals surface area contributed by atoms with Crippen molar-refractivity contribution in [2.75, 3.05) is 11.9 Å². The number of fused-ring (bicyclic) bond motifs is 1. The van der Waals surface area contributed by atoms with Crippen molar-refractivity contribution in [1.29, 1.82) is 0 Å². The van der Waals surface area contributed by atoms with Crippen LogP contribution in [-0.4, -0.2) is 30.2 Å². The van der Waals surface area contributed by atoms with Crippen LogP contribution in [0.3, 0.4) is 0 Å². The smallest absolute Gasteiger partial charge is 0.243 e. The van der Waals surface area contributed by atoms with Gasteiger partial charge in [-0.25, -0.2) is 13.4 Å². The van der Waals surface area contributed by atoms with E-state index in [-0.39, 0.29) is 17.3 Å². The number of hydrogen-bond acceptors (Lipinski definition) is 5. The van der Waals surface area contributed by atoms with E-state index in [9.17, 15) is 13.2 Å². The van der Waals surface area contributed by atoms with Gasteiger partial charge in [-0.3, -0.25) is 4.79 Å². The second-order valence-corrected chi connectivity index (χ2v) is 8.92. The Bertz CT molecular complexity index is 909. The van der Waals surface area contributed by atoms with Gasteiger partial charge in [0.2, 0.25) is 15.9 Å². The normalized spacial score (nSPS) is 15.1. The van der Waals surface area contributed by atoms with E-state index in [0.717, 1.165) is 10.6 Å². The molecule has 1 aromatic heterocycles. The van der Waals surface area contributed by atoms with Crippen LogP contribution in [0.15, 0.2) is 23.1 Å². The van der Waals surface area contributed by atoms with Gasteiger partial charge in [0.05, 0.1) is 17.1 Å². The van der Waals surface area contributed by atoms with Crippen molar-refractivity contribution >= 4 is 44.0 Å². The molecule has 1 aliphatic rings. The van der Waals surface area contributed by atoms with Crippen LogP contribution in [0.25, 0.3) is 0 Å². The Hall–Kier alpha value is -1.48. The second kappa shape index (κ2) is 6.44. The molecule has 24 heavy (non-hydrogen) atoms.